The maximum atomic E-state index is 12.7. The van der Waals surface area contributed by atoms with Crippen LogP contribution in [0.15, 0.2) is 59.1 Å². The summed E-state index contributed by atoms with van der Waals surface area (Å²) in [5.41, 5.74) is 3.68. The molecule has 0 aliphatic heterocycles. The molecule has 1 amide bonds. The fraction of sp³-hybridized carbons (Fsp3) is 0.238. The van der Waals surface area contributed by atoms with Crippen LogP contribution in [0.25, 0.3) is 11.3 Å². The average molecular weight is 350 g/mol. The van der Waals surface area contributed by atoms with E-state index in [0.29, 0.717) is 18.8 Å². The van der Waals surface area contributed by atoms with Crippen LogP contribution in [0, 0.1) is 6.92 Å². The first kappa shape index (κ1) is 17.7. The van der Waals surface area contributed by atoms with Crippen molar-refractivity contribution in [1.29, 1.82) is 0 Å². The van der Waals surface area contributed by atoms with Crippen molar-refractivity contribution in [2.45, 2.75) is 20.4 Å². The number of ether oxygens (including phenoxy) is 1. The molecule has 3 rings (SSSR count). The first-order valence-corrected chi connectivity index (χ1v) is 8.58. The number of hydrogen-bond donors (Lipinski definition) is 0. The highest BCUT2D eigenvalue weighted by Crippen LogP contribution is 2.22. The molecule has 0 aliphatic carbocycles. The molecule has 0 N–H and O–H groups in total. The van der Waals surface area contributed by atoms with Crippen LogP contribution in [0.1, 0.15) is 28.6 Å². The molecule has 0 unspecified atom stereocenters. The molecule has 0 fully saturated rings. The predicted molar refractivity (Wildman–Crippen MR) is 100 cm³/mol. The Kier molecular flexibility index (Phi) is 5.37. The second-order valence-corrected chi connectivity index (χ2v) is 6.14. The first-order chi connectivity index (χ1) is 12.6. The van der Waals surface area contributed by atoms with Gasteiger partial charge in [-0.25, -0.2) is 0 Å². The van der Waals surface area contributed by atoms with Crippen LogP contribution in [0.4, 0.5) is 0 Å². The van der Waals surface area contributed by atoms with E-state index in [9.17, 15) is 4.79 Å². The zero-order valence-corrected chi connectivity index (χ0v) is 15.2. The monoisotopic (exact) mass is 350 g/mol. The predicted octanol–water partition coefficient (Wildman–Crippen LogP) is 4.32. The number of rotatable bonds is 6. The molecule has 26 heavy (non-hydrogen) atoms. The lowest BCUT2D eigenvalue weighted by molar-refractivity contribution is 0.0742. The van der Waals surface area contributed by atoms with E-state index in [0.717, 1.165) is 16.9 Å². The van der Waals surface area contributed by atoms with Crippen LogP contribution in [-0.2, 0) is 6.54 Å². The van der Waals surface area contributed by atoms with Gasteiger partial charge in [-0.15, -0.1) is 0 Å². The Balaban J connectivity index is 1.74. The van der Waals surface area contributed by atoms with Crippen LogP contribution in [0.3, 0.4) is 0 Å². The summed E-state index contributed by atoms with van der Waals surface area (Å²) < 4.78 is 10.9. The maximum Gasteiger partial charge on any atom is 0.292 e. The van der Waals surface area contributed by atoms with Gasteiger partial charge in [0.1, 0.15) is 11.4 Å². The summed E-state index contributed by atoms with van der Waals surface area (Å²) >= 11 is 0. The van der Waals surface area contributed by atoms with Gasteiger partial charge in [-0.3, -0.25) is 4.79 Å². The Labute approximate surface area is 153 Å². The summed E-state index contributed by atoms with van der Waals surface area (Å²) in [6.07, 6.45) is 0. The first-order valence-electron chi connectivity index (χ1n) is 8.58. The Morgan fingerprint density at radius 2 is 1.88 bits per heavy atom. The fourth-order valence-electron chi connectivity index (χ4n) is 2.68. The van der Waals surface area contributed by atoms with E-state index >= 15 is 0 Å². The van der Waals surface area contributed by atoms with Gasteiger partial charge in [-0.2, -0.15) is 0 Å². The van der Waals surface area contributed by atoms with Gasteiger partial charge in [0.25, 0.3) is 5.91 Å². The number of hydrogen-bond acceptors (Lipinski definition) is 4. The lowest BCUT2D eigenvalue weighted by Crippen LogP contribution is -2.26. The number of carbonyl (C=O) groups excluding carboxylic acids is 1. The van der Waals surface area contributed by atoms with Gasteiger partial charge in [-0.05, 0) is 19.9 Å². The van der Waals surface area contributed by atoms with Crippen molar-refractivity contribution in [3.63, 3.8) is 0 Å². The van der Waals surface area contributed by atoms with Gasteiger partial charge < -0.3 is 14.2 Å². The molecule has 0 aliphatic rings. The lowest BCUT2D eigenvalue weighted by atomic mass is 10.1. The Morgan fingerprint density at radius 1 is 1.15 bits per heavy atom. The van der Waals surface area contributed by atoms with Crippen molar-refractivity contribution in [2.75, 3.05) is 13.7 Å². The normalized spacial score (nSPS) is 10.6. The molecule has 0 radical (unpaired) electrons. The summed E-state index contributed by atoms with van der Waals surface area (Å²) in [7, 11) is 1.74. The van der Waals surface area contributed by atoms with E-state index in [2.05, 4.69) is 5.16 Å². The highest BCUT2D eigenvalue weighted by molar-refractivity contribution is 5.92. The fourth-order valence-corrected chi connectivity index (χ4v) is 2.68. The van der Waals surface area contributed by atoms with E-state index in [1.54, 1.807) is 18.0 Å². The van der Waals surface area contributed by atoms with Crippen molar-refractivity contribution in [1.82, 2.24) is 10.1 Å². The molecule has 0 saturated heterocycles. The van der Waals surface area contributed by atoms with Gasteiger partial charge in [0, 0.05) is 30.8 Å². The molecular weight excluding hydrogens is 328 g/mol. The number of para-hydroxylation sites is 1. The van der Waals surface area contributed by atoms with E-state index in [-0.39, 0.29) is 11.7 Å². The average Bonchev–Trinajstić information content (AvgIpc) is 3.13. The Hall–Kier alpha value is -3.08. The minimum absolute atomic E-state index is 0.219. The molecule has 134 valence electrons. The molecule has 1 heterocycles. The minimum Gasteiger partial charge on any atom is -0.494 e. The van der Waals surface area contributed by atoms with E-state index in [1.807, 2.05) is 62.4 Å². The SMILES string of the molecule is CCOc1ccccc1CN(C)C(=O)c1cc(-c2ccc(C)cc2)no1. The van der Waals surface area contributed by atoms with Gasteiger partial charge in [-0.1, -0.05) is 53.2 Å². The smallest absolute Gasteiger partial charge is 0.292 e. The van der Waals surface area contributed by atoms with Crippen LogP contribution < -0.4 is 4.74 Å². The molecule has 5 nitrogen and oxygen atoms in total. The molecule has 0 atom stereocenters. The van der Waals surface area contributed by atoms with Crippen LogP contribution in [0.2, 0.25) is 0 Å². The number of aromatic nitrogens is 1. The zero-order valence-electron chi connectivity index (χ0n) is 15.2. The van der Waals surface area contributed by atoms with E-state index < -0.39 is 0 Å². The zero-order chi connectivity index (χ0) is 18.5. The summed E-state index contributed by atoms with van der Waals surface area (Å²) in [5.74, 6) is 0.784. The van der Waals surface area contributed by atoms with Crippen molar-refractivity contribution in [3.8, 4) is 17.0 Å². The van der Waals surface area contributed by atoms with E-state index in [4.69, 9.17) is 9.26 Å². The van der Waals surface area contributed by atoms with Crippen LogP contribution >= 0.6 is 0 Å². The Bertz CT molecular complexity index is 884. The number of amides is 1. The van der Waals surface area contributed by atoms with Gasteiger partial charge >= 0.3 is 0 Å². The third kappa shape index (κ3) is 3.94. The van der Waals surface area contributed by atoms with Gasteiger partial charge in [0.05, 0.1) is 6.61 Å². The standard InChI is InChI=1S/C21H22N2O3/c1-4-25-19-8-6-5-7-17(19)14-23(3)21(24)20-13-18(22-26-20)16-11-9-15(2)10-12-16/h5-13H,4,14H2,1-3H3. The third-order valence-corrected chi connectivity index (χ3v) is 4.09. The summed E-state index contributed by atoms with van der Waals surface area (Å²) in [4.78, 5) is 14.3. The number of benzene rings is 2. The number of nitrogens with zero attached hydrogens (tertiary/aromatic N) is 2. The minimum atomic E-state index is -0.220. The highest BCUT2D eigenvalue weighted by Gasteiger charge is 2.19. The number of aryl methyl sites for hydroxylation is 1. The van der Waals surface area contributed by atoms with Crippen molar-refractivity contribution >= 4 is 5.91 Å². The molecular formula is C21H22N2O3. The molecule has 0 bridgehead atoms. The summed E-state index contributed by atoms with van der Waals surface area (Å²) in [6.45, 7) is 4.97. The summed E-state index contributed by atoms with van der Waals surface area (Å²) in [5, 5.41) is 4.03. The molecule has 0 saturated carbocycles. The van der Waals surface area contributed by atoms with Crippen LogP contribution in [-0.4, -0.2) is 29.6 Å². The lowest BCUT2D eigenvalue weighted by Gasteiger charge is -2.17. The van der Waals surface area contributed by atoms with E-state index in [1.165, 1.54) is 5.56 Å². The highest BCUT2D eigenvalue weighted by atomic mass is 16.5. The molecule has 1 aromatic heterocycles. The van der Waals surface area contributed by atoms with Crippen molar-refractivity contribution < 1.29 is 14.1 Å². The maximum absolute atomic E-state index is 12.7. The molecule has 5 heteroatoms. The second-order valence-electron chi connectivity index (χ2n) is 6.14. The van der Waals surface area contributed by atoms with Crippen molar-refractivity contribution in [2.24, 2.45) is 0 Å². The topological polar surface area (TPSA) is 55.6 Å². The quantitative estimate of drug-likeness (QED) is 0.664. The van der Waals surface area contributed by atoms with Crippen molar-refractivity contribution in [3.05, 3.63) is 71.5 Å². The van der Waals surface area contributed by atoms with Gasteiger partial charge in [0.15, 0.2) is 0 Å². The Morgan fingerprint density at radius 3 is 2.62 bits per heavy atom. The number of carbonyl (C=O) groups is 1. The largest absolute Gasteiger partial charge is 0.494 e. The molecule has 2 aromatic carbocycles. The second kappa shape index (κ2) is 7.87. The molecule has 3 aromatic rings. The van der Waals surface area contributed by atoms with Crippen LogP contribution in [0.5, 0.6) is 5.75 Å². The third-order valence-electron chi connectivity index (χ3n) is 4.09. The summed E-state index contributed by atoms with van der Waals surface area (Å²) in [6, 6.07) is 17.3. The molecule has 0 spiro atoms. The van der Waals surface area contributed by atoms with Gasteiger partial charge in [0.2, 0.25) is 5.76 Å².